The molecule has 0 spiro atoms. The van der Waals surface area contributed by atoms with Gasteiger partial charge < -0.3 is 4.74 Å². The molecule has 0 N–H and O–H groups in total. The lowest BCUT2D eigenvalue weighted by atomic mass is 9.94. The minimum Gasteiger partial charge on any atom is -0.483 e. The van der Waals surface area contributed by atoms with Gasteiger partial charge in [0, 0.05) is 5.56 Å². The maximum Gasteiger partial charge on any atom is 0.127 e. The number of para-hydroxylation sites is 1. The van der Waals surface area contributed by atoms with E-state index in [2.05, 4.69) is 38.1 Å². The molecule has 0 amide bonds. The molecule has 1 aliphatic rings. The van der Waals surface area contributed by atoms with Crippen molar-refractivity contribution in [3.63, 3.8) is 0 Å². The second kappa shape index (κ2) is 4.73. The molecule has 1 heterocycles. The highest BCUT2D eigenvalue weighted by molar-refractivity contribution is 5.60. The first-order chi connectivity index (χ1) is 7.73. The minimum absolute atomic E-state index is 0.108. The summed E-state index contributed by atoms with van der Waals surface area (Å²) in [6, 6.07) is 8.23. The van der Waals surface area contributed by atoms with Crippen LogP contribution >= 0.6 is 0 Å². The Hall–Kier alpha value is -1.24. The molecule has 0 bridgehead atoms. The molecule has 0 fully saturated rings. The van der Waals surface area contributed by atoms with Gasteiger partial charge in [0.2, 0.25) is 0 Å². The van der Waals surface area contributed by atoms with E-state index in [0.29, 0.717) is 0 Å². The second-order valence-electron chi connectivity index (χ2n) is 4.74. The molecule has 0 saturated carbocycles. The number of hydrogen-bond donors (Lipinski definition) is 0. The number of ether oxygens (including phenoxy) is 1. The Morgan fingerprint density at radius 1 is 1.19 bits per heavy atom. The van der Waals surface area contributed by atoms with Crippen LogP contribution in [0.2, 0.25) is 0 Å². The number of fused-ring (bicyclic) bond motifs is 1. The molecule has 1 atom stereocenters. The van der Waals surface area contributed by atoms with Crippen LogP contribution in [0.5, 0.6) is 5.75 Å². The number of unbranched alkanes of at least 4 members (excludes halogenated alkanes) is 2. The summed E-state index contributed by atoms with van der Waals surface area (Å²) < 4.78 is 6.08. The van der Waals surface area contributed by atoms with E-state index in [1.54, 1.807) is 0 Å². The molecule has 0 aromatic heterocycles. The van der Waals surface area contributed by atoms with E-state index in [1.807, 2.05) is 12.1 Å². The Kier molecular flexibility index (Phi) is 3.33. The SMILES string of the molecule is CCCCCC1(C)C=Cc2ccccc2O1. The van der Waals surface area contributed by atoms with Crippen LogP contribution in [0.1, 0.15) is 45.1 Å². The van der Waals surface area contributed by atoms with Gasteiger partial charge >= 0.3 is 0 Å². The van der Waals surface area contributed by atoms with Crippen LogP contribution in [0.25, 0.3) is 6.08 Å². The van der Waals surface area contributed by atoms with Crippen LogP contribution < -0.4 is 4.74 Å². The standard InChI is InChI=1S/C15H20O/c1-3-4-7-11-15(2)12-10-13-8-5-6-9-14(13)16-15/h5-6,8-10,12H,3-4,7,11H2,1-2H3. The Morgan fingerprint density at radius 3 is 2.81 bits per heavy atom. The van der Waals surface area contributed by atoms with Crippen molar-refractivity contribution in [1.82, 2.24) is 0 Å². The van der Waals surface area contributed by atoms with Gasteiger partial charge in [-0.2, -0.15) is 0 Å². The summed E-state index contributed by atoms with van der Waals surface area (Å²) in [5, 5.41) is 0. The lowest BCUT2D eigenvalue weighted by Gasteiger charge is -2.31. The average molecular weight is 216 g/mol. The smallest absolute Gasteiger partial charge is 0.127 e. The average Bonchev–Trinajstić information content (AvgIpc) is 2.29. The fraction of sp³-hybridized carbons (Fsp3) is 0.467. The van der Waals surface area contributed by atoms with E-state index in [1.165, 1.54) is 24.8 Å². The minimum atomic E-state index is -0.108. The number of rotatable bonds is 4. The molecule has 1 nitrogen and oxygen atoms in total. The Balaban J connectivity index is 2.06. The Labute approximate surface area is 98.1 Å². The third-order valence-electron chi connectivity index (χ3n) is 3.15. The third kappa shape index (κ3) is 2.46. The fourth-order valence-corrected chi connectivity index (χ4v) is 2.12. The highest BCUT2D eigenvalue weighted by atomic mass is 16.5. The monoisotopic (exact) mass is 216 g/mol. The first-order valence-corrected chi connectivity index (χ1v) is 6.21. The topological polar surface area (TPSA) is 9.23 Å². The van der Waals surface area contributed by atoms with E-state index in [-0.39, 0.29) is 5.60 Å². The summed E-state index contributed by atoms with van der Waals surface area (Å²) in [6.45, 7) is 4.41. The van der Waals surface area contributed by atoms with Gasteiger partial charge in [-0.25, -0.2) is 0 Å². The maximum absolute atomic E-state index is 6.08. The molecule has 1 aliphatic heterocycles. The normalized spacial score (nSPS) is 22.6. The molecule has 86 valence electrons. The highest BCUT2D eigenvalue weighted by Gasteiger charge is 2.26. The summed E-state index contributed by atoms with van der Waals surface area (Å²) in [4.78, 5) is 0. The van der Waals surface area contributed by atoms with Crippen LogP contribution in [-0.4, -0.2) is 5.60 Å². The summed E-state index contributed by atoms with van der Waals surface area (Å²) >= 11 is 0. The van der Waals surface area contributed by atoms with Crippen LogP contribution in [-0.2, 0) is 0 Å². The summed E-state index contributed by atoms with van der Waals surface area (Å²) in [7, 11) is 0. The number of benzene rings is 1. The van der Waals surface area contributed by atoms with Crippen molar-refractivity contribution in [1.29, 1.82) is 0 Å². The highest BCUT2D eigenvalue weighted by Crippen LogP contribution is 2.33. The zero-order chi connectivity index (χ0) is 11.4. The predicted molar refractivity (Wildman–Crippen MR) is 68.7 cm³/mol. The first-order valence-electron chi connectivity index (χ1n) is 6.21. The van der Waals surface area contributed by atoms with Gasteiger partial charge in [-0.15, -0.1) is 0 Å². The van der Waals surface area contributed by atoms with Gasteiger partial charge in [0.05, 0.1) is 0 Å². The van der Waals surface area contributed by atoms with E-state index in [0.717, 1.165) is 12.2 Å². The largest absolute Gasteiger partial charge is 0.483 e. The second-order valence-corrected chi connectivity index (χ2v) is 4.74. The summed E-state index contributed by atoms with van der Waals surface area (Å²) in [5.41, 5.74) is 1.08. The zero-order valence-electron chi connectivity index (χ0n) is 10.2. The van der Waals surface area contributed by atoms with Crippen LogP contribution in [0, 0.1) is 0 Å². The molecule has 2 rings (SSSR count). The van der Waals surface area contributed by atoms with Gasteiger partial charge in [-0.1, -0.05) is 44.0 Å². The van der Waals surface area contributed by atoms with Crippen molar-refractivity contribution in [3.8, 4) is 5.75 Å². The van der Waals surface area contributed by atoms with Crippen molar-refractivity contribution in [2.75, 3.05) is 0 Å². The molecular weight excluding hydrogens is 196 g/mol. The lowest BCUT2D eigenvalue weighted by molar-refractivity contribution is 0.124. The van der Waals surface area contributed by atoms with Gasteiger partial charge in [-0.3, -0.25) is 0 Å². The van der Waals surface area contributed by atoms with Crippen molar-refractivity contribution in [3.05, 3.63) is 35.9 Å². The van der Waals surface area contributed by atoms with Gasteiger partial charge in [0.15, 0.2) is 0 Å². The zero-order valence-corrected chi connectivity index (χ0v) is 10.2. The van der Waals surface area contributed by atoms with Crippen LogP contribution in [0.4, 0.5) is 0 Å². The van der Waals surface area contributed by atoms with Crippen molar-refractivity contribution in [2.45, 2.75) is 45.1 Å². The molecular formula is C15H20O. The van der Waals surface area contributed by atoms with E-state index < -0.39 is 0 Å². The van der Waals surface area contributed by atoms with Crippen LogP contribution in [0.15, 0.2) is 30.3 Å². The third-order valence-corrected chi connectivity index (χ3v) is 3.15. The first kappa shape index (κ1) is 11.3. The van der Waals surface area contributed by atoms with Crippen molar-refractivity contribution in [2.24, 2.45) is 0 Å². The van der Waals surface area contributed by atoms with E-state index >= 15 is 0 Å². The molecule has 1 heteroatoms. The molecule has 1 aromatic rings. The molecule has 1 aromatic carbocycles. The Morgan fingerprint density at radius 2 is 2.00 bits per heavy atom. The Bertz CT molecular complexity index is 381. The molecule has 0 radical (unpaired) electrons. The van der Waals surface area contributed by atoms with Gasteiger partial charge in [-0.05, 0) is 31.9 Å². The van der Waals surface area contributed by atoms with Gasteiger partial charge in [0.25, 0.3) is 0 Å². The molecule has 0 saturated heterocycles. The summed E-state index contributed by atoms with van der Waals surface area (Å²) in [6.07, 6.45) is 9.27. The molecule has 16 heavy (non-hydrogen) atoms. The van der Waals surface area contributed by atoms with E-state index in [4.69, 9.17) is 4.74 Å². The molecule has 1 unspecified atom stereocenters. The maximum atomic E-state index is 6.08. The fourth-order valence-electron chi connectivity index (χ4n) is 2.12. The van der Waals surface area contributed by atoms with Crippen LogP contribution in [0.3, 0.4) is 0 Å². The lowest BCUT2D eigenvalue weighted by Crippen LogP contribution is -2.31. The van der Waals surface area contributed by atoms with E-state index in [9.17, 15) is 0 Å². The quantitative estimate of drug-likeness (QED) is 0.676. The van der Waals surface area contributed by atoms with Gasteiger partial charge in [0.1, 0.15) is 11.4 Å². The summed E-state index contributed by atoms with van der Waals surface area (Å²) in [5.74, 6) is 1.02. The van der Waals surface area contributed by atoms with Crippen molar-refractivity contribution >= 4 is 6.08 Å². The molecule has 0 aliphatic carbocycles. The van der Waals surface area contributed by atoms with Crippen molar-refractivity contribution < 1.29 is 4.74 Å². The number of hydrogen-bond acceptors (Lipinski definition) is 1. The predicted octanol–water partition coefficient (Wildman–Crippen LogP) is 4.43.